The van der Waals surface area contributed by atoms with Gasteiger partial charge in [-0.15, -0.1) is 0 Å². The minimum absolute atomic E-state index is 0.206. The summed E-state index contributed by atoms with van der Waals surface area (Å²) in [6, 6.07) is 6.90. The Balaban J connectivity index is 1.56. The second kappa shape index (κ2) is 6.05. The van der Waals surface area contributed by atoms with E-state index in [2.05, 4.69) is 11.1 Å². The van der Waals surface area contributed by atoms with E-state index in [1.165, 1.54) is 11.6 Å². The molecule has 25 heavy (non-hydrogen) atoms. The molecule has 2 saturated carbocycles. The van der Waals surface area contributed by atoms with Crippen LogP contribution < -0.4 is 0 Å². The number of halogens is 2. The molecule has 0 saturated heterocycles. The molecule has 0 radical (unpaired) electrons. The molecule has 0 aliphatic heterocycles. The summed E-state index contributed by atoms with van der Waals surface area (Å²) >= 11 is 5.83. The molecule has 3 unspecified atom stereocenters. The number of benzene rings is 1. The highest BCUT2D eigenvalue weighted by atomic mass is 35.5. The number of carbonyl (C=O) groups is 1. The molecule has 0 N–H and O–H groups in total. The molecule has 4 rings (SSSR count). The van der Waals surface area contributed by atoms with E-state index >= 15 is 0 Å². The van der Waals surface area contributed by atoms with Crippen LogP contribution in [0.2, 0.25) is 0 Å². The van der Waals surface area contributed by atoms with Gasteiger partial charge in [-0.05, 0) is 90.8 Å². The quantitative estimate of drug-likeness (QED) is 0.659. The highest BCUT2D eigenvalue weighted by Gasteiger charge is 2.48. The van der Waals surface area contributed by atoms with Crippen molar-refractivity contribution in [2.24, 2.45) is 23.2 Å². The topological polar surface area (TPSA) is 30.0 Å². The van der Waals surface area contributed by atoms with Crippen LogP contribution in [0.15, 0.2) is 30.5 Å². The van der Waals surface area contributed by atoms with Crippen molar-refractivity contribution >= 4 is 27.7 Å². The van der Waals surface area contributed by atoms with Crippen molar-refractivity contribution in [3.63, 3.8) is 0 Å². The lowest BCUT2D eigenvalue weighted by atomic mass is 9.77. The standard InChI is InChI=1S/C21H23ClFNO/c1-21(2,20(22)25)15-9-12-7-14(8-13(12)10-15)17-5-6-24-19-4-3-16(23)11-18(17)19/h3-6,11-15H,7-10H2,1-2H3/t12-,13?,14?,15?/m1/s1. The Morgan fingerprint density at radius 3 is 2.48 bits per heavy atom. The summed E-state index contributed by atoms with van der Waals surface area (Å²) in [7, 11) is 0. The lowest BCUT2D eigenvalue weighted by Gasteiger charge is -2.28. The summed E-state index contributed by atoms with van der Waals surface area (Å²) in [5.74, 6) is 1.91. The van der Waals surface area contributed by atoms with E-state index in [9.17, 15) is 9.18 Å². The SMILES string of the molecule is CC(C)(C(=O)Cl)C1CC2CC(c3ccnc4ccc(F)cc34)C[C@@H]2C1. The molecule has 0 spiro atoms. The van der Waals surface area contributed by atoms with Crippen molar-refractivity contribution in [3.05, 3.63) is 41.8 Å². The fourth-order valence-electron chi connectivity index (χ4n) is 5.12. The molecular weight excluding hydrogens is 337 g/mol. The van der Waals surface area contributed by atoms with Crippen LogP contribution in [0, 0.1) is 29.0 Å². The van der Waals surface area contributed by atoms with Crippen molar-refractivity contribution < 1.29 is 9.18 Å². The highest BCUT2D eigenvalue weighted by molar-refractivity contribution is 6.64. The van der Waals surface area contributed by atoms with Gasteiger partial charge in [-0.2, -0.15) is 0 Å². The van der Waals surface area contributed by atoms with Crippen LogP contribution in [-0.2, 0) is 4.79 Å². The molecule has 2 nitrogen and oxygen atoms in total. The Bertz CT molecular complexity index is 820. The predicted molar refractivity (Wildman–Crippen MR) is 98.0 cm³/mol. The van der Waals surface area contributed by atoms with E-state index in [1.807, 2.05) is 20.0 Å². The third-order valence-corrected chi connectivity index (χ3v) is 7.21. The van der Waals surface area contributed by atoms with Crippen LogP contribution in [0.3, 0.4) is 0 Å². The molecule has 2 aromatic rings. The van der Waals surface area contributed by atoms with Gasteiger partial charge in [0.15, 0.2) is 0 Å². The Morgan fingerprint density at radius 1 is 1.16 bits per heavy atom. The minimum atomic E-state index is -0.437. The van der Waals surface area contributed by atoms with Gasteiger partial charge in [-0.3, -0.25) is 9.78 Å². The number of rotatable bonds is 3. The maximum absolute atomic E-state index is 13.7. The zero-order valence-electron chi connectivity index (χ0n) is 14.6. The maximum Gasteiger partial charge on any atom is 0.227 e. The fraction of sp³-hybridized carbons (Fsp3) is 0.524. The normalized spacial score (nSPS) is 29.1. The molecular formula is C21H23ClFNO. The molecule has 132 valence electrons. The van der Waals surface area contributed by atoms with Gasteiger partial charge in [0.2, 0.25) is 5.24 Å². The fourth-order valence-corrected chi connectivity index (χ4v) is 5.27. The van der Waals surface area contributed by atoms with E-state index in [1.54, 1.807) is 12.1 Å². The number of hydrogen-bond donors (Lipinski definition) is 0. The van der Waals surface area contributed by atoms with Gasteiger partial charge in [0.1, 0.15) is 5.82 Å². The Kier molecular flexibility index (Phi) is 4.10. The van der Waals surface area contributed by atoms with Crippen molar-refractivity contribution in [3.8, 4) is 0 Å². The van der Waals surface area contributed by atoms with E-state index < -0.39 is 5.41 Å². The first-order valence-electron chi connectivity index (χ1n) is 9.10. The van der Waals surface area contributed by atoms with Crippen molar-refractivity contribution in [1.29, 1.82) is 0 Å². The third-order valence-electron chi connectivity index (χ3n) is 6.72. The molecule has 0 amide bonds. The van der Waals surface area contributed by atoms with Gasteiger partial charge in [-0.1, -0.05) is 13.8 Å². The number of nitrogens with zero attached hydrogens (tertiary/aromatic N) is 1. The zero-order valence-corrected chi connectivity index (χ0v) is 15.4. The summed E-state index contributed by atoms with van der Waals surface area (Å²) < 4.78 is 13.7. The summed E-state index contributed by atoms with van der Waals surface area (Å²) in [4.78, 5) is 16.1. The third kappa shape index (κ3) is 2.87. The molecule has 2 aliphatic carbocycles. The first-order chi connectivity index (χ1) is 11.9. The number of aromatic nitrogens is 1. The van der Waals surface area contributed by atoms with Crippen molar-refractivity contribution in [1.82, 2.24) is 4.98 Å². The first kappa shape index (κ1) is 17.0. The van der Waals surface area contributed by atoms with Gasteiger partial charge in [0.25, 0.3) is 0 Å². The lowest BCUT2D eigenvalue weighted by Crippen LogP contribution is -2.28. The molecule has 2 aliphatic rings. The first-order valence-corrected chi connectivity index (χ1v) is 9.48. The summed E-state index contributed by atoms with van der Waals surface area (Å²) in [5.41, 5.74) is 1.65. The zero-order chi connectivity index (χ0) is 17.8. The Morgan fingerprint density at radius 2 is 1.84 bits per heavy atom. The van der Waals surface area contributed by atoms with Gasteiger partial charge in [0.05, 0.1) is 5.52 Å². The van der Waals surface area contributed by atoms with Crippen molar-refractivity contribution in [2.75, 3.05) is 0 Å². The van der Waals surface area contributed by atoms with Gasteiger partial charge >= 0.3 is 0 Å². The lowest BCUT2D eigenvalue weighted by molar-refractivity contribution is -0.121. The molecule has 4 heteroatoms. The number of fused-ring (bicyclic) bond motifs is 2. The van der Waals surface area contributed by atoms with Crippen molar-refractivity contribution in [2.45, 2.75) is 45.4 Å². The largest absolute Gasteiger partial charge is 0.281 e. The van der Waals surface area contributed by atoms with Gasteiger partial charge in [0, 0.05) is 17.0 Å². The number of hydrogen-bond acceptors (Lipinski definition) is 2. The number of carbonyl (C=O) groups excluding carboxylic acids is 1. The van der Waals surface area contributed by atoms with Crippen LogP contribution >= 0.6 is 11.6 Å². The Hall–Kier alpha value is -1.48. The molecule has 1 heterocycles. The summed E-state index contributed by atoms with van der Waals surface area (Å²) in [6.07, 6.45) is 6.21. The molecule has 4 atom stereocenters. The van der Waals surface area contributed by atoms with Crippen LogP contribution in [0.25, 0.3) is 10.9 Å². The molecule has 1 aromatic heterocycles. The van der Waals surface area contributed by atoms with Crippen LogP contribution in [0.1, 0.15) is 51.0 Å². The average Bonchev–Trinajstić information content (AvgIpc) is 3.13. The second-order valence-corrected chi connectivity index (χ2v) is 8.76. The molecule has 0 bridgehead atoms. The smallest absolute Gasteiger partial charge is 0.227 e. The van der Waals surface area contributed by atoms with Crippen LogP contribution in [-0.4, -0.2) is 10.2 Å². The van der Waals surface area contributed by atoms with E-state index in [4.69, 9.17) is 11.6 Å². The van der Waals surface area contributed by atoms with Gasteiger partial charge in [-0.25, -0.2) is 4.39 Å². The van der Waals surface area contributed by atoms with Gasteiger partial charge < -0.3 is 0 Å². The van der Waals surface area contributed by atoms with E-state index in [-0.39, 0.29) is 11.1 Å². The highest BCUT2D eigenvalue weighted by Crippen LogP contribution is 2.56. The average molecular weight is 360 g/mol. The minimum Gasteiger partial charge on any atom is -0.281 e. The van der Waals surface area contributed by atoms with Crippen LogP contribution in [0.5, 0.6) is 0 Å². The maximum atomic E-state index is 13.7. The Labute approximate surface area is 152 Å². The monoisotopic (exact) mass is 359 g/mol. The molecule has 2 fully saturated rings. The predicted octanol–water partition coefficient (Wildman–Crippen LogP) is 5.69. The second-order valence-electron chi connectivity index (χ2n) is 8.41. The number of pyridine rings is 1. The summed E-state index contributed by atoms with van der Waals surface area (Å²) in [5, 5.41) is 0.727. The molecule has 1 aromatic carbocycles. The summed E-state index contributed by atoms with van der Waals surface area (Å²) in [6.45, 7) is 3.95. The van der Waals surface area contributed by atoms with E-state index in [0.717, 1.165) is 36.6 Å². The van der Waals surface area contributed by atoms with Crippen LogP contribution in [0.4, 0.5) is 4.39 Å². The van der Waals surface area contributed by atoms with E-state index in [0.29, 0.717) is 23.7 Å².